The van der Waals surface area contributed by atoms with Gasteiger partial charge in [-0.2, -0.15) is 0 Å². The molecule has 0 spiro atoms. The minimum Gasteiger partial charge on any atom is -0.506 e. The summed E-state index contributed by atoms with van der Waals surface area (Å²) >= 11 is 3.64. The quantitative estimate of drug-likeness (QED) is 0.151. The molecule has 32 heavy (non-hydrogen) atoms. The Kier molecular flexibility index (Phi) is 7.05. The summed E-state index contributed by atoms with van der Waals surface area (Å²) in [6.45, 7) is 3.73. The fourth-order valence-corrected chi connectivity index (χ4v) is 4.56. The van der Waals surface area contributed by atoms with Gasteiger partial charge in [-0.25, -0.2) is 14.0 Å². The number of aliphatic imine (C=N–C) groups is 1. The van der Waals surface area contributed by atoms with Crippen LogP contribution in [0.25, 0.3) is 10.9 Å². The maximum absolute atomic E-state index is 13.1. The number of phenolic OH excluding ortho intramolecular Hbond substituents is 1. The Bertz CT molecular complexity index is 1290. The fourth-order valence-electron chi connectivity index (χ4n) is 3.55. The Morgan fingerprint density at radius 2 is 1.94 bits per heavy atom. The number of hydrogen-bond donors (Lipinski definition) is 3. The van der Waals surface area contributed by atoms with Gasteiger partial charge in [-0.3, -0.25) is 0 Å². The molecule has 0 unspecified atom stereocenters. The number of fused-ring (bicyclic) bond motifs is 1. The van der Waals surface area contributed by atoms with E-state index in [4.69, 9.17) is 16.2 Å². The van der Waals surface area contributed by atoms with Crippen LogP contribution in [0.1, 0.15) is 39.7 Å². The van der Waals surface area contributed by atoms with Gasteiger partial charge in [-0.15, -0.1) is 0 Å². The first-order valence-corrected chi connectivity index (χ1v) is 11.2. The van der Waals surface area contributed by atoms with E-state index in [2.05, 4.69) is 20.9 Å². The average molecular weight is 519 g/mol. The highest BCUT2D eigenvalue weighted by atomic mass is 79.9. The van der Waals surface area contributed by atoms with Crippen LogP contribution in [0, 0.1) is 6.92 Å². The number of rotatable bonds is 6. The van der Waals surface area contributed by atoms with Crippen LogP contribution in [-0.4, -0.2) is 37.3 Å². The van der Waals surface area contributed by atoms with Crippen molar-refractivity contribution in [2.75, 3.05) is 6.61 Å². The molecule has 0 radical (unpaired) electrons. The predicted molar refractivity (Wildman–Crippen MR) is 130 cm³/mol. The second-order valence-corrected chi connectivity index (χ2v) is 8.53. The third kappa shape index (κ3) is 4.28. The van der Waals surface area contributed by atoms with Gasteiger partial charge in [0.25, 0.3) is 0 Å². The largest absolute Gasteiger partial charge is 0.506 e. The Morgan fingerprint density at radius 3 is 2.50 bits per heavy atom. The minimum atomic E-state index is -0.612. The summed E-state index contributed by atoms with van der Waals surface area (Å²) in [5.74, 6) is -0.871. The van der Waals surface area contributed by atoms with Crippen molar-refractivity contribution in [1.29, 1.82) is 0 Å². The number of nitrogens with zero attached hydrogens (tertiary/aromatic N) is 2. The number of aromatic nitrogens is 1. The summed E-state index contributed by atoms with van der Waals surface area (Å²) in [6.07, 6.45) is 0. The SMILES string of the molecule is CCOC(=O)c1c(C(=S=O)c2ccc(C)cc2)n(C)c2cc(Br)c(O)c(CN=C(N)N)c12. The smallest absolute Gasteiger partial charge is 0.341 e. The molecule has 0 atom stereocenters. The van der Waals surface area contributed by atoms with Gasteiger partial charge in [0.1, 0.15) is 5.75 Å². The lowest BCUT2D eigenvalue weighted by Crippen LogP contribution is -2.22. The van der Waals surface area contributed by atoms with Gasteiger partial charge >= 0.3 is 5.97 Å². The Balaban J connectivity index is 2.47. The van der Waals surface area contributed by atoms with E-state index in [1.54, 1.807) is 24.6 Å². The highest BCUT2D eigenvalue weighted by Crippen LogP contribution is 2.40. The van der Waals surface area contributed by atoms with Gasteiger partial charge < -0.3 is 25.9 Å². The maximum Gasteiger partial charge on any atom is 0.341 e. The molecule has 0 aliphatic rings. The number of nitrogens with two attached hydrogens (primary N) is 2. The monoisotopic (exact) mass is 518 g/mol. The standard InChI is InChI=1S/C22H23BrN4O4S/c1-4-31-21(29)17-16-13(10-26-22(24)25)19(28)14(23)9-15(16)27(3)18(17)20(32-30)12-7-5-11(2)6-8-12/h5-9,28H,4,10H2,1-3H3,(H4,24,25,26). The van der Waals surface area contributed by atoms with Crippen molar-refractivity contribution in [2.24, 2.45) is 23.5 Å². The third-order valence-corrected chi connectivity index (χ3v) is 6.23. The Hall–Kier alpha value is -3.11. The molecule has 1 aromatic heterocycles. The molecule has 3 aromatic rings. The average Bonchev–Trinajstić information content (AvgIpc) is 3.02. The molecule has 5 N–H and O–H groups in total. The molecule has 0 saturated carbocycles. The summed E-state index contributed by atoms with van der Waals surface area (Å²) < 4.78 is 19.8. The number of aromatic hydroxyl groups is 1. The zero-order valence-corrected chi connectivity index (χ0v) is 20.2. The zero-order chi connectivity index (χ0) is 23.6. The molecule has 0 bridgehead atoms. The van der Waals surface area contributed by atoms with E-state index in [1.165, 1.54) is 0 Å². The lowest BCUT2D eigenvalue weighted by Gasteiger charge is -2.10. The van der Waals surface area contributed by atoms with Crippen LogP contribution >= 0.6 is 15.9 Å². The molecule has 10 heteroatoms. The van der Waals surface area contributed by atoms with Gasteiger partial charge in [0.05, 0.1) is 50.5 Å². The van der Waals surface area contributed by atoms with Crippen molar-refractivity contribution in [3.63, 3.8) is 0 Å². The summed E-state index contributed by atoms with van der Waals surface area (Å²) in [4.78, 5) is 17.5. The number of halogens is 1. The van der Waals surface area contributed by atoms with E-state index < -0.39 is 5.97 Å². The van der Waals surface area contributed by atoms with Crippen molar-refractivity contribution in [1.82, 2.24) is 4.57 Å². The van der Waals surface area contributed by atoms with Crippen LogP contribution in [0.4, 0.5) is 0 Å². The van der Waals surface area contributed by atoms with E-state index in [9.17, 15) is 14.1 Å². The van der Waals surface area contributed by atoms with E-state index in [0.717, 1.165) is 5.56 Å². The first-order chi connectivity index (χ1) is 15.2. The van der Waals surface area contributed by atoms with Crippen LogP contribution in [0.5, 0.6) is 5.75 Å². The highest BCUT2D eigenvalue weighted by molar-refractivity contribution is 9.10. The molecular formula is C22H23BrN4O4S. The van der Waals surface area contributed by atoms with Crippen LogP contribution in [0.2, 0.25) is 0 Å². The lowest BCUT2D eigenvalue weighted by atomic mass is 10.00. The predicted octanol–water partition coefficient (Wildman–Crippen LogP) is 2.69. The first kappa shape index (κ1) is 23.6. The molecule has 2 aromatic carbocycles. The van der Waals surface area contributed by atoms with Gasteiger partial charge in [0, 0.05) is 18.0 Å². The summed E-state index contributed by atoms with van der Waals surface area (Å²) in [6, 6.07) is 9.12. The molecule has 1 heterocycles. The molecular weight excluding hydrogens is 496 g/mol. The lowest BCUT2D eigenvalue weighted by molar-refractivity contribution is 0.0528. The number of carbonyl (C=O) groups is 1. The van der Waals surface area contributed by atoms with Crippen molar-refractivity contribution in [2.45, 2.75) is 20.4 Å². The first-order valence-electron chi connectivity index (χ1n) is 9.70. The summed E-state index contributed by atoms with van der Waals surface area (Å²) in [7, 11) is 1.75. The van der Waals surface area contributed by atoms with Crippen LogP contribution in [0.3, 0.4) is 0 Å². The Morgan fingerprint density at radius 1 is 1.28 bits per heavy atom. The second kappa shape index (κ2) is 9.58. The van der Waals surface area contributed by atoms with E-state index in [1.807, 2.05) is 31.2 Å². The summed E-state index contributed by atoms with van der Waals surface area (Å²) in [5, 5.41) is 11.2. The van der Waals surface area contributed by atoms with E-state index in [0.29, 0.717) is 37.1 Å². The van der Waals surface area contributed by atoms with Crippen LogP contribution in [0.15, 0.2) is 39.8 Å². The van der Waals surface area contributed by atoms with Crippen LogP contribution < -0.4 is 11.5 Å². The molecule has 0 aliphatic carbocycles. The number of hydrogen-bond acceptors (Lipinski definition) is 5. The molecule has 0 amide bonds. The normalized spacial score (nSPS) is 10.8. The van der Waals surface area contributed by atoms with Gasteiger partial charge in [0.2, 0.25) is 0 Å². The number of esters is 1. The van der Waals surface area contributed by atoms with Crippen molar-refractivity contribution in [3.8, 4) is 5.75 Å². The van der Waals surface area contributed by atoms with Gasteiger partial charge in [-0.1, -0.05) is 29.8 Å². The zero-order valence-electron chi connectivity index (χ0n) is 17.8. The Labute approximate surface area is 197 Å². The van der Waals surface area contributed by atoms with Gasteiger partial charge in [-0.05, 0) is 41.4 Å². The minimum absolute atomic E-state index is 0.0651. The maximum atomic E-state index is 13.1. The van der Waals surface area contributed by atoms with Crippen LogP contribution in [-0.2, 0) is 29.6 Å². The highest BCUT2D eigenvalue weighted by Gasteiger charge is 2.30. The van der Waals surface area contributed by atoms with Gasteiger partial charge in [0.15, 0.2) is 5.96 Å². The van der Waals surface area contributed by atoms with Crippen molar-refractivity contribution >= 4 is 54.9 Å². The number of phenols is 1. The van der Waals surface area contributed by atoms with Crippen molar-refractivity contribution in [3.05, 3.63) is 62.8 Å². The molecule has 0 saturated heterocycles. The number of ether oxygens (including phenoxy) is 1. The molecule has 8 nitrogen and oxygen atoms in total. The molecule has 3 rings (SSSR count). The summed E-state index contributed by atoms with van der Waals surface area (Å²) in [5.41, 5.74) is 14.2. The molecule has 0 aliphatic heterocycles. The number of guanidine groups is 1. The fraction of sp³-hybridized carbons (Fsp3) is 0.227. The molecule has 0 fully saturated rings. The third-order valence-electron chi connectivity index (χ3n) is 5.03. The van der Waals surface area contributed by atoms with E-state index in [-0.39, 0.29) is 41.7 Å². The number of carbonyl (C=O) groups excluding carboxylic acids is 1. The number of benzene rings is 2. The molecule has 168 valence electrons. The van der Waals surface area contributed by atoms with E-state index >= 15 is 0 Å². The topological polar surface area (TPSA) is 133 Å². The number of aryl methyl sites for hydroxylation is 2. The second-order valence-electron chi connectivity index (χ2n) is 7.10. The van der Waals surface area contributed by atoms with Crippen molar-refractivity contribution < 1.29 is 18.8 Å².